The Kier molecular flexibility index (Phi) is 4.34. The predicted molar refractivity (Wildman–Crippen MR) is 80.9 cm³/mol. The van der Waals surface area contributed by atoms with Crippen LogP contribution in [0, 0.1) is 0 Å². The van der Waals surface area contributed by atoms with Crippen molar-refractivity contribution in [2.45, 2.75) is 0 Å². The minimum atomic E-state index is 0.261. The van der Waals surface area contributed by atoms with E-state index < -0.39 is 0 Å². The van der Waals surface area contributed by atoms with Crippen molar-refractivity contribution in [3.8, 4) is 17.2 Å². The number of nitrogens with zero attached hydrogens (tertiary/aromatic N) is 1. The molecule has 0 saturated heterocycles. The first kappa shape index (κ1) is 13.8. The van der Waals surface area contributed by atoms with Gasteiger partial charge in [-0.3, -0.25) is 0 Å². The lowest BCUT2D eigenvalue weighted by atomic mass is 10.3. The fraction of sp³-hybridized carbons (Fsp3) is 0.0769. The maximum absolute atomic E-state index is 5.69. The number of aromatic nitrogens is 1. The molecule has 0 aliphatic rings. The van der Waals surface area contributed by atoms with Gasteiger partial charge in [0.05, 0.1) is 23.5 Å². The average molecular weight is 339 g/mol. The van der Waals surface area contributed by atoms with Crippen LogP contribution in [0.15, 0.2) is 41.0 Å². The molecule has 2 N–H and O–H groups in total. The van der Waals surface area contributed by atoms with E-state index in [1.165, 1.54) is 0 Å². The fourth-order valence-corrected chi connectivity index (χ4v) is 1.96. The van der Waals surface area contributed by atoms with E-state index in [0.29, 0.717) is 17.2 Å². The van der Waals surface area contributed by atoms with Crippen LogP contribution in [-0.4, -0.2) is 17.1 Å². The van der Waals surface area contributed by atoms with Crippen molar-refractivity contribution in [2.75, 3.05) is 7.11 Å². The molecule has 6 heteroatoms. The van der Waals surface area contributed by atoms with Crippen LogP contribution in [0.25, 0.3) is 0 Å². The molecule has 4 nitrogen and oxygen atoms in total. The number of nitrogens with two attached hydrogens (primary N) is 1. The highest BCUT2D eigenvalue weighted by molar-refractivity contribution is 9.10. The van der Waals surface area contributed by atoms with Crippen molar-refractivity contribution in [3.63, 3.8) is 0 Å². The Bertz CT molecular complexity index is 602. The number of methoxy groups -OCH3 is 1. The van der Waals surface area contributed by atoms with Gasteiger partial charge in [-0.05, 0) is 46.3 Å². The molecule has 0 saturated carbocycles. The smallest absolute Gasteiger partial charge is 0.145 e. The molecule has 0 aliphatic carbocycles. The van der Waals surface area contributed by atoms with Crippen molar-refractivity contribution < 1.29 is 9.47 Å². The maximum Gasteiger partial charge on any atom is 0.145 e. The number of hydrogen-bond acceptors (Lipinski definition) is 4. The molecule has 0 aliphatic heterocycles. The second-order valence-electron chi connectivity index (χ2n) is 3.64. The minimum absolute atomic E-state index is 0.261. The maximum atomic E-state index is 5.69. The van der Waals surface area contributed by atoms with E-state index in [0.717, 1.165) is 10.2 Å². The second-order valence-corrected chi connectivity index (χ2v) is 4.94. The van der Waals surface area contributed by atoms with Crippen LogP contribution in [0.4, 0.5) is 0 Å². The average Bonchev–Trinajstić information content (AvgIpc) is 2.41. The van der Waals surface area contributed by atoms with Crippen LogP contribution in [0.2, 0.25) is 0 Å². The van der Waals surface area contributed by atoms with Gasteiger partial charge in [0.25, 0.3) is 0 Å². The topological polar surface area (TPSA) is 57.4 Å². The number of benzene rings is 1. The zero-order valence-electron chi connectivity index (χ0n) is 10.1. The van der Waals surface area contributed by atoms with Gasteiger partial charge in [-0.15, -0.1) is 0 Å². The minimum Gasteiger partial charge on any atom is -0.497 e. The van der Waals surface area contributed by atoms with Crippen LogP contribution < -0.4 is 15.2 Å². The molecule has 2 aromatic rings. The Morgan fingerprint density at radius 1 is 1.26 bits per heavy atom. The quantitative estimate of drug-likeness (QED) is 0.867. The van der Waals surface area contributed by atoms with E-state index in [1.807, 2.05) is 18.2 Å². The second kappa shape index (κ2) is 5.99. The standard InChI is InChI=1S/C13H11BrN2O2S/c1-17-8-3-5-12(10(14)6-8)18-9-2-4-11(13(15)19)16-7-9/h2-7H,1H3,(H2,15,19). The highest BCUT2D eigenvalue weighted by Gasteiger charge is 2.05. The van der Waals surface area contributed by atoms with Crippen molar-refractivity contribution in [3.05, 3.63) is 46.7 Å². The summed E-state index contributed by atoms with van der Waals surface area (Å²) >= 11 is 8.25. The van der Waals surface area contributed by atoms with Gasteiger partial charge in [0, 0.05) is 0 Å². The largest absolute Gasteiger partial charge is 0.497 e. The van der Waals surface area contributed by atoms with Crippen molar-refractivity contribution in [1.29, 1.82) is 0 Å². The number of rotatable bonds is 4. The van der Waals surface area contributed by atoms with Gasteiger partial charge in [-0.2, -0.15) is 0 Å². The van der Waals surface area contributed by atoms with E-state index >= 15 is 0 Å². The third-order valence-corrected chi connectivity index (χ3v) is 3.18. The van der Waals surface area contributed by atoms with Gasteiger partial charge in [0.1, 0.15) is 22.2 Å². The molecule has 19 heavy (non-hydrogen) atoms. The number of hydrogen-bond donors (Lipinski definition) is 1. The molecule has 0 radical (unpaired) electrons. The van der Waals surface area contributed by atoms with Crippen molar-refractivity contribution >= 4 is 33.1 Å². The van der Waals surface area contributed by atoms with Gasteiger partial charge >= 0.3 is 0 Å². The summed E-state index contributed by atoms with van der Waals surface area (Å²) in [5.74, 6) is 2.03. The molecule has 0 spiro atoms. The Hall–Kier alpha value is -1.66. The molecule has 0 fully saturated rings. The summed E-state index contributed by atoms with van der Waals surface area (Å²) in [5.41, 5.74) is 6.05. The molecule has 98 valence electrons. The SMILES string of the molecule is COc1ccc(Oc2ccc(C(N)=S)nc2)c(Br)c1. The monoisotopic (exact) mass is 338 g/mol. The molecule has 1 aromatic heterocycles. The molecule has 0 bridgehead atoms. The molecule has 2 rings (SSSR count). The summed E-state index contributed by atoms with van der Waals surface area (Å²) in [4.78, 5) is 4.37. The first-order valence-corrected chi connectivity index (χ1v) is 6.57. The van der Waals surface area contributed by atoms with Crippen LogP contribution in [0.5, 0.6) is 17.2 Å². The molecule has 0 unspecified atom stereocenters. The summed E-state index contributed by atoms with van der Waals surface area (Å²) < 4.78 is 11.6. The number of ether oxygens (including phenoxy) is 2. The summed E-state index contributed by atoms with van der Waals surface area (Å²) in [7, 11) is 1.61. The summed E-state index contributed by atoms with van der Waals surface area (Å²) in [6, 6.07) is 8.93. The number of pyridine rings is 1. The molecule has 1 aromatic carbocycles. The van der Waals surface area contributed by atoms with E-state index in [2.05, 4.69) is 20.9 Å². The normalized spacial score (nSPS) is 10.0. The van der Waals surface area contributed by atoms with E-state index in [1.54, 1.807) is 25.4 Å². The van der Waals surface area contributed by atoms with Gasteiger partial charge in [-0.1, -0.05) is 12.2 Å². The number of thiocarbonyl (C=S) groups is 1. The predicted octanol–water partition coefficient (Wildman–Crippen LogP) is 3.28. The van der Waals surface area contributed by atoms with Gasteiger partial charge in [-0.25, -0.2) is 4.98 Å². The highest BCUT2D eigenvalue weighted by atomic mass is 79.9. The molecular formula is C13H11BrN2O2S. The highest BCUT2D eigenvalue weighted by Crippen LogP contribution is 2.32. The Morgan fingerprint density at radius 3 is 2.53 bits per heavy atom. The van der Waals surface area contributed by atoms with Gasteiger partial charge in [0.2, 0.25) is 0 Å². The summed E-state index contributed by atoms with van der Waals surface area (Å²) in [6.07, 6.45) is 1.57. The number of halogens is 1. The van der Waals surface area contributed by atoms with Gasteiger partial charge in [0.15, 0.2) is 0 Å². The molecule has 0 amide bonds. The fourth-order valence-electron chi connectivity index (χ4n) is 1.40. The first-order valence-electron chi connectivity index (χ1n) is 5.37. The van der Waals surface area contributed by atoms with Crippen LogP contribution in [0.3, 0.4) is 0 Å². The third kappa shape index (κ3) is 3.42. The third-order valence-electron chi connectivity index (χ3n) is 2.36. The molecule has 0 atom stereocenters. The lowest BCUT2D eigenvalue weighted by Gasteiger charge is -2.09. The van der Waals surface area contributed by atoms with Crippen molar-refractivity contribution in [1.82, 2.24) is 4.98 Å². The van der Waals surface area contributed by atoms with E-state index in [4.69, 9.17) is 27.4 Å². The molecular weight excluding hydrogens is 328 g/mol. The Balaban J connectivity index is 2.19. The van der Waals surface area contributed by atoms with Gasteiger partial charge < -0.3 is 15.2 Å². The molecule has 1 heterocycles. The zero-order valence-corrected chi connectivity index (χ0v) is 12.5. The summed E-state index contributed by atoms with van der Waals surface area (Å²) in [5, 5.41) is 0. The van der Waals surface area contributed by atoms with Crippen LogP contribution in [-0.2, 0) is 0 Å². The lowest BCUT2D eigenvalue weighted by molar-refractivity contribution is 0.412. The Morgan fingerprint density at radius 2 is 2.00 bits per heavy atom. The lowest BCUT2D eigenvalue weighted by Crippen LogP contribution is -2.10. The first-order chi connectivity index (χ1) is 9.10. The van der Waals surface area contributed by atoms with E-state index in [-0.39, 0.29) is 4.99 Å². The van der Waals surface area contributed by atoms with Crippen molar-refractivity contribution in [2.24, 2.45) is 5.73 Å². The van der Waals surface area contributed by atoms with Crippen LogP contribution in [0.1, 0.15) is 5.69 Å². The summed E-state index contributed by atoms with van der Waals surface area (Å²) in [6.45, 7) is 0. The zero-order chi connectivity index (χ0) is 13.8. The van der Waals surface area contributed by atoms with Crippen LogP contribution >= 0.6 is 28.1 Å². The Labute approximate surface area is 124 Å². The van der Waals surface area contributed by atoms with E-state index in [9.17, 15) is 0 Å².